The molecule has 5 rings (SSSR count). The van der Waals surface area contributed by atoms with Crippen LogP contribution in [0.25, 0.3) is 10.9 Å². The second-order valence-electron chi connectivity index (χ2n) is 9.39. The van der Waals surface area contributed by atoms with Crippen LogP contribution in [0.5, 0.6) is 5.75 Å². The number of anilines is 3. The largest absolute Gasteiger partial charge is 0.497 e. The number of pyridine rings is 1. The number of aryl methyl sites for hydroxylation is 1. The molecule has 2 heterocycles. The monoisotopic (exact) mass is 567 g/mol. The van der Waals surface area contributed by atoms with E-state index in [1.54, 1.807) is 13.2 Å². The number of ether oxygens (including phenoxy) is 1. The van der Waals surface area contributed by atoms with E-state index in [0.29, 0.717) is 11.4 Å². The Hall–Kier alpha value is -3.52. The van der Waals surface area contributed by atoms with Crippen molar-refractivity contribution in [1.29, 1.82) is 0 Å². The summed E-state index contributed by atoms with van der Waals surface area (Å²) in [5, 5.41) is 7.01. The Labute approximate surface area is 242 Å². The number of hydrogen-bond acceptors (Lipinski definition) is 5. The molecule has 0 unspecified atom stereocenters. The Kier molecular flexibility index (Phi) is 10.8. The maximum Gasteiger partial charge on any atom is 0.323 e. The van der Waals surface area contributed by atoms with Gasteiger partial charge >= 0.3 is 6.03 Å². The molecule has 2 amide bonds. The molecule has 2 N–H and O–H groups in total. The maximum atomic E-state index is 12.5. The highest BCUT2D eigenvalue weighted by atomic mass is 35.5. The van der Waals surface area contributed by atoms with Crippen LogP contribution >= 0.6 is 24.8 Å². The van der Waals surface area contributed by atoms with Gasteiger partial charge in [-0.15, -0.1) is 24.8 Å². The van der Waals surface area contributed by atoms with E-state index < -0.39 is 0 Å². The maximum absolute atomic E-state index is 12.5. The van der Waals surface area contributed by atoms with Crippen molar-refractivity contribution >= 4 is 58.8 Å². The molecule has 1 aliphatic heterocycles. The van der Waals surface area contributed by atoms with Gasteiger partial charge in [0.2, 0.25) is 0 Å². The Bertz CT molecular complexity index is 1390. The van der Waals surface area contributed by atoms with Crippen molar-refractivity contribution in [3.63, 3.8) is 0 Å². The minimum atomic E-state index is -0.277. The number of hydrogen-bond donors (Lipinski definition) is 2. The number of aromatic nitrogens is 1. The van der Waals surface area contributed by atoms with Gasteiger partial charge in [-0.2, -0.15) is 0 Å². The third-order valence-electron chi connectivity index (χ3n) is 6.79. The SMILES string of the molecule is COc1cccc(NC(=O)Nc2cccc(CCN3CCN(c4cccc5nc(C)ccc45)CC3)c2)c1.Cl.Cl. The molecule has 1 aliphatic rings. The van der Waals surface area contributed by atoms with Crippen LogP contribution in [0.15, 0.2) is 78.9 Å². The first-order valence-electron chi connectivity index (χ1n) is 12.7. The molecule has 1 aromatic heterocycles. The fourth-order valence-corrected chi connectivity index (χ4v) is 4.81. The van der Waals surface area contributed by atoms with Crippen LogP contribution in [0, 0.1) is 6.92 Å². The number of carbonyl (C=O) groups excluding carboxylic acids is 1. The molecule has 0 bridgehead atoms. The summed E-state index contributed by atoms with van der Waals surface area (Å²) >= 11 is 0. The van der Waals surface area contributed by atoms with Gasteiger partial charge in [0.25, 0.3) is 0 Å². The summed E-state index contributed by atoms with van der Waals surface area (Å²) in [6.45, 7) is 7.07. The van der Waals surface area contributed by atoms with Gasteiger partial charge in [0, 0.05) is 66.9 Å². The number of urea groups is 1. The average Bonchev–Trinajstić information content (AvgIpc) is 2.92. The molecule has 206 valence electrons. The van der Waals surface area contributed by atoms with E-state index in [1.807, 2.05) is 43.3 Å². The van der Waals surface area contributed by atoms with Crippen LogP contribution in [0.3, 0.4) is 0 Å². The topological polar surface area (TPSA) is 69.7 Å². The van der Waals surface area contributed by atoms with Crippen molar-refractivity contribution in [1.82, 2.24) is 9.88 Å². The highest BCUT2D eigenvalue weighted by Crippen LogP contribution is 2.27. The van der Waals surface area contributed by atoms with Crippen molar-refractivity contribution in [2.24, 2.45) is 0 Å². The van der Waals surface area contributed by atoms with E-state index in [0.717, 1.165) is 56.0 Å². The number of nitrogens with zero attached hydrogens (tertiary/aromatic N) is 3. The summed E-state index contributed by atoms with van der Waals surface area (Å²) in [6, 6.07) is 25.8. The Morgan fingerprint density at radius 2 is 1.56 bits per heavy atom. The van der Waals surface area contributed by atoms with Gasteiger partial charge in [0.05, 0.1) is 12.6 Å². The first-order chi connectivity index (χ1) is 18.1. The quantitative estimate of drug-likeness (QED) is 0.270. The first-order valence-corrected chi connectivity index (χ1v) is 12.7. The summed E-state index contributed by atoms with van der Waals surface area (Å²) in [7, 11) is 1.61. The molecule has 1 fully saturated rings. The lowest BCUT2D eigenvalue weighted by Gasteiger charge is -2.36. The van der Waals surface area contributed by atoms with Gasteiger partial charge in [-0.05, 0) is 67.4 Å². The van der Waals surface area contributed by atoms with Gasteiger partial charge < -0.3 is 20.3 Å². The summed E-state index contributed by atoms with van der Waals surface area (Å²) in [6.07, 6.45) is 0.935. The van der Waals surface area contributed by atoms with Crippen molar-refractivity contribution in [2.75, 3.05) is 55.4 Å². The summed E-state index contributed by atoms with van der Waals surface area (Å²) in [5.74, 6) is 0.699. The fraction of sp³-hybridized carbons (Fsp3) is 0.267. The number of fused-ring (bicyclic) bond motifs is 1. The molecule has 0 atom stereocenters. The number of piperazine rings is 1. The fourth-order valence-electron chi connectivity index (χ4n) is 4.81. The zero-order valence-electron chi connectivity index (χ0n) is 22.2. The summed E-state index contributed by atoms with van der Waals surface area (Å²) in [4.78, 5) is 22.1. The van der Waals surface area contributed by atoms with Gasteiger partial charge in [-0.3, -0.25) is 9.88 Å². The summed E-state index contributed by atoms with van der Waals surface area (Å²) < 4.78 is 5.22. The minimum absolute atomic E-state index is 0. The van der Waals surface area contributed by atoms with E-state index in [-0.39, 0.29) is 30.8 Å². The third-order valence-corrected chi connectivity index (χ3v) is 6.79. The summed E-state index contributed by atoms with van der Waals surface area (Å²) in [5.41, 5.74) is 6.05. The van der Waals surface area contributed by atoms with Crippen LogP contribution < -0.4 is 20.3 Å². The van der Waals surface area contributed by atoms with E-state index in [1.165, 1.54) is 16.6 Å². The zero-order valence-corrected chi connectivity index (χ0v) is 23.9. The van der Waals surface area contributed by atoms with Gasteiger partial charge in [-0.1, -0.05) is 24.3 Å². The first kappa shape index (κ1) is 30.0. The van der Waals surface area contributed by atoms with Crippen LogP contribution in [-0.4, -0.2) is 55.7 Å². The lowest BCUT2D eigenvalue weighted by atomic mass is 10.1. The van der Waals surface area contributed by atoms with Gasteiger partial charge in [0.15, 0.2) is 0 Å². The predicted octanol–water partition coefficient (Wildman–Crippen LogP) is 6.40. The molecule has 39 heavy (non-hydrogen) atoms. The van der Waals surface area contributed by atoms with Crippen molar-refractivity contribution in [2.45, 2.75) is 13.3 Å². The smallest absolute Gasteiger partial charge is 0.323 e. The number of rotatable bonds is 7. The van der Waals surface area contributed by atoms with Crippen LogP contribution in [0.2, 0.25) is 0 Å². The highest BCUT2D eigenvalue weighted by molar-refractivity contribution is 5.99. The van der Waals surface area contributed by atoms with E-state index in [9.17, 15) is 4.79 Å². The van der Waals surface area contributed by atoms with Crippen molar-refractivity contribution < 1.29 is 9.53 Å². The average molecular weight is 569 g/mol. The normalized spacial score (nSPS) is 13.2. The lowest BCUT2D eigenvalue weighted by Crippen LogP contribution is -2.47. The van der Waals surface area contributed by atoms with E-state index >= 15 is 0 Å². The second-order valence-corrected chi connectivity index (χ2v) is 9.39. The number of nitrogens with one attached hydrogen (secondary N) is 2. The van der Waals surface area contributed by atoms with Gasteiger partial charge in [0.1, 0.15) is 5.75 Å². The highest BCUT2D eigenvalue weighted by Gasteiger charge is 2.19. The Morgan fingerprint density at radius 1 is 0.872 bits per heavy atom. The molecule has 9 heteroatoms. The van der Waals surface area contributed by atoms with Crippen LogP contribution in [0.1, 0.15) is 11.3 Å². The van der Waals surface area contributed by atoms with Crippen molar-refractivity contribution in [3.05, 3.63) is 90.1 Å². The number of methoxy groups -OCH3 is 1. The third kappa shape index (κ3) is 7.76. The number of amides is 2. The molecular weight excluding hydrogens is 533 g/mol. The number of benzene rings is 3. The molecule has 3 aromatic carbocycles. The van der Waals surface area contributed by atoms with E-state index in [2.05, 4.69) is 61.8 Å². The van der Waals surface area contributed by atoms with Gasteiger partial charge in [-0.25, -0.2) is 4.79 Å². The number of carbonyl (C=O) groups is 1. The second kappa shape index (κ2) is 14.0. The Balaban J connectivity index is 0.00000210. The molecule has 0 saturated carbocycles. The van der Waals surface area contributed by atoms with Crippen LogP contribution in [0.4, 0.5) is 21.9 Å². The van der Waals surface area contributed by atoms with Crippen LogP contribution in [-0.2, 0) is 6.42 Å². The lowest BCUT2D eigenvalue weighted by molar-refractivity contribution is 0.261. The standard InChI is InChI=1S/C30H33N5O2.2ClH/c1-22-12-13-27-28(31-22)10-5-11-29(27)35-18-16-34(17-19-35)15-14-23-6-3-7-24(20-23)32-30(36)33-25-8-4-9-26(21-25)37-2;;/h3-13,20-21H,14-19H2,1-2H3,(H2,32,33,36);2*1H. The minimum Gasteiger partial charge on any atom is -0.497 e. The number of halogens is 2. The molecule has 0 radical (unpaired) electrons. The Morgan fingerprint density at radius 3 is 2.31 bits per heavy atom. The van der Waals surface area contributed by atoms with Crippen molar-refractivity contribution in [3.8, 4) is 5.75 Å². The molecule has 1 saturated heterocycles. The van der Waals surface area contributed by atoms with E-state index in [4.69, 9.17) is 4.74 Å². The molecule has 0 spiro atoms. The zero-order chi connectivity index (χ0) is 25.6. The molecule has 7 nitrogen and oxygen atoms in total. The molecular formula is C30H35Cl2N5O2. The predicted molar refractivity (Wildman–Crippen MR) is 165 cm³/mol. The molecule has 4 aromatic rings. The molecule has 0 aliphatic carbocycles.